The molecule has 2 aromatic heterocycles. The Balaban J connectivity index is 1.48. The summed E-state index contributed by atoms with van der Waals surface area (Å²) in [6, 6.07) is 17.6. The highest BCUT2D eigenvalue weighted by atomic mass is 16.6. The largest absolute Gasteiger partial charge is 0.469 e. The van der Waals surface area contributed by atoms with E-state index in [4.69, 9.17) is 8.83 Å². The Bertz CT molecular complexity index is 1380. The Morgan fingerprint density at radius 3 is 2.61 bits per heavy atom. The second kappa shape index (κ2) is 9.19. The average Bonchev–Trinajstić information content (AvgIpc) is 3.46. The molecular formula is C25H18N2O6. The minimum absolute atomic E-state index is 0.0667. The van der Waals surface area contributed by atoms with E-state index in [9.17, 15) is 19.7 Å². The summed E-state index contributed by atoms with van der Waals surface area (Å²) in [4.78, 5) is 35.7. The Labute approximate surface area is 188 Å². The number of nitro groups is 1. The Hall–Kier alpha value is -4.72. The van der Waals surface area contributed by atoms with Crippen molar-refractivity contribution in [1.29, 1.82) is 0 Å². The molecule has 164 valence electrons. The number of amides is 1. The number of carbonyl (C=O) groups excluding carboxylic acids is 2. The normalized spacial score (nSPS) is 10.9. The lowest BCUT2D eigenvalue weighted by molar-refractivity contribution is -0.384. The van der Waals surface area contributed by atoms with Crippen LogP contribution in [0, 0.1) is 17.0 Å². The van der Waals surface area contributed by atoms with Gasteiger partial charge in [0.15, 0.2) is 5.78 Å². The van der Waals surface area contributed by atoms with E-state index in [0.29, 0.717) is 39.7 Å². The van der Waals surface area contributed by atoms with Gasteiger partial charge >= 0.3 is 0 Å². The van der Waals surface area contributed by atoms with Gasteiger partial charge in [-0.2, -0.15) is 0 Å². The third-order valence-electron chi connectivity index (χ3n) is 4.90. The quantitative estimate of drug-likeness (QED) is 0.165. The van der Waals surface area contributed by atoms with E-state index >= 15 is 0 Å². The summed E-state index contributed by atoms with van der Waals surface area (Å²) in [7, 11) is 0. The van der Waals surface area contributed by atoms with E-state index < -0.39 is 4.92 Å². The molecule has 0 radical (unpaired) electrons. The molecule has 0 atom stereocenters. The molecule has 4 aromatic rings. The van der Waals surface area contributed by atoms with Gasteiger partial charge in [0.25, 0.3) is 11.6 Å². The Morgan fingerprint density at radius 1 is 1.03 bits per heavy atom. The molecule has 4 rings (SSSR count). The van der Waals surface area contributed by atoms with Gasteiger partial charge in [0.1, 0.15) is 17.3 Å². The van der Waals surface area contributed by atoms with E-state index in [2.05, 4.69) is 5.32 Å². The number of anilines is 1. The van der Waals surface area contributed by atoms with Gasteiger partial charge in [-0.15, -0.1) is 0 Å². The lowest BCUT2D eigenvalue weighted by atomic mass is 10.1. The maximum atomic E-state index is 12.6. The summed E-state index contributed by atoms with van der Waals surface area (Å²) in [6.07, 6.45) is 4.26. The first-order valence-electron chi connectivity index (χ1n) is 9.94. The first kappa shape index (κ1) is 21.5. The number of benzene rings is 2. The zero-order chi connectivity index (χ0) is 23.4. The fraction of sp³-hybridized carbons (Fsp3) is 0.0400. The molecule has 1 N–H and O–H groups in total. The van der Waals surface area contributed by atoms with Crippen LogP contribution in [-0.2, 0) is 0 Å². The van der Waals surface area contributed by atoms with Crippen molar-refractivity contribution in [3.63, 3.8) is 0 Å². The van der Waals surface area contributed by atoms with Gasteiger partial charge in [-0.05, 0) is 55.5 Å². The molecule has 0 unspecified atom stereocenters. The molecule has 0 saturated carbocycles. The van der Waals surface area contributed by atoms with Crippen LogP contribution in [0.15, 0.2) is 87.9 Å². The smallest absolute Gasteiger partial charge is 0.280 e. The highest BCUT2D eigenvalue weighted by Gasteiger charge is 2.17. The number of allylic oxidation sites excluding steroid dienone is 1. The zero-order valence-corrected chi connectivity index (χ0v) is 17.5. The van der Waals surface area contributed by atoms with Crippen LogP contribution in [0.25, 0.3) is 17.4 Å². The molecule has 0 fully saturated rings. The van der Waals surface area contributed by atoms with Crippen LogP contribution >= 0.6 is 0 Å². The highest BCUT2D eigenvalue weighted by molar-refractivity contribution is 6.09. The van der Waals surface area contributed by atoms with Crippen molar-refractivity contribution in [3.8, 4) is 11.3 Å². The van der Waals surface area contributed by atoms with E-state index in [1.54, 1.807) is 67.6 Å². The van der Waals surface area contributed by atoms with Crippen molar-refractivity contribution in [3.05, 3.63) is 112 Å². The minimum Gasteiger partial charge on any atom is -0.469 e. The van der Waals surface area contributed by atoms with E-state index in [0.717, 1.165) is 0 Å². The second-order valence-electron chi connectivity index (χ2n) is 7.10. The molecule has 8 nitrogen and oxygen atoms in total. The van der Waals surface area contributed by atoms with Crippen molar-refractivity contribution in [2.75, 3.05) is 5.32 Å². The molecule has 0 aliphatic rings. The number of nitrogens with zero attached hydrogens (tertiary/aromatic N) is 1. The summed E-state index contributed by atoms with van der Waals surface area (Å²) < 4.78 is 10.8. The van der Waals surface area contributed by atoms with Crippen molar-refractivity contribution in [1.82, 2.24) is 0 Å². The number of rotatable bonds is 7. The standard InChI is InChI=1S/C25H18N2O6/c1-16-20(13-14-32-16)25(29)26-18-6-4-5-17(15-18)23(28)11-9-19-10-12-24(33-19)21-7-2-3-8-22(21)27(30)31/h2-15H,1H3,(H,26,29)/b11-9+. The van der Waals surface area contributed by atoms with Crippen molar-refractivity contribution in [2.24, 2.45) is 0 Å². The topological polar surface area (TPSA) is 116 Å². The molecule has 0 spiro atoms. The van der Waals surface area contributed by atoms with Crippen molar-refractivity contribution in [2.45, 2.75) is 6.92 Å². The van der Waals surface area contributed by atoms with Crippen LogP contribution in [0.1, 0.15) is 32.2 Å². The van der Waals surface area contributed by atoms with Gasteiger partial charge in [-0.3, -0.25) is 19.7 Å². The predicted molar refractivity (Wildman–Crippen MR) is 122 cm³/mol. The van der Waals surface area contributed by atoms with Crippen LogP contribution in [0.5, 0.6) is 0 Å². The zero-order valence-electron chi connectivity index (χ0n) is 17.5. The SMILES string of the molecule is Cc1occc1C(=O)Nc1cccc(C(=O)/C=C/c2ccc(-c3ccccc3[N+](=O)[O-])o2)c1. The predicted octanol–water partition coefficient (Wildman–Crippen LogP) is 5.90. The number of hydrogen-bond donors (Lipinski definition) is 1. The minimum atomic E-state index is -0.476. The number of ketones is 1. The Kier molecular flexibility index (Phi) is 5.99. The molecule has 0 bridgehead atoms. The van der Waals surface area contributed by atoms with Crippen molar-refractivity contribution >= 4 is 29.1 Å². The number of carbonyl (C=O) groups is 2. The van der Waals surface area contributed by atoms with Gasteiger partial charge in [0.2, 0.25) is 0 Å². The number of para-hydroxylation sites is 1. The number of nitrogens with one attached hydrogen (secondary N) is 1. The highest BCUT2D eigenvalue weighted by Crippen LogP contribution is 2.31. The van der Waals surface area contributed by atoms with Crippen LogP contribution in [0.3, 0.4) is 0 Å². The lowest BCUT2D eigenvalue weighted by Gasteiger charge is -2.05. The molecular weight excluding hydrogens is 424 g/mol. The number of furan rings is 2. The van der Waals surface area contributed by atoms with Gasteiger partial charge in [0.05, 0.1) is 22.3 Å². The molecule has 8 heteroatoms. The molecule has 2 aromatic carbocycles. The summed E-state index contributed by atoms with van der Waals surface area (Å²) in [5, 5.41) is 14.0. The summed E-state index contributed by atoms with van der Waals surface area (Å²) in [6.45, 7) is 1.69. The maximum absolute atomic E-state index is 12.6. The van der Waals surface area contributed by atoms with E-state index in [1.165, 1.54) is 24.5 Å². The third-order valence-corrected chi connectivity index (χ3v) is 4.90. The Morgan fingerprint density at radius 2 is 1.85 bits per heavy atom. The number of aryl methyl sites for hydroxylation is 1. The van der Waals surface area contributed by atoms with Crippen LogP contribution in [0.4, 0.5) is 11.4 Å². The fourth-order valence-electron chi connectivity index (χ4n) is 3.25. The van der Waals surface area contributed by atoms with Crippen LogP contribution in [-0.4, -0.2) is 16.6 Å². The molecule has 33 heavy (non-hydrogen) atoms. The fourth-order valence-corrected chi connectivity index (χ4v) is 3.25. The molecule has 2 heterocycles. The third kappa shape index (κ3) is 4.80. The average molecular weight is 442 g/mol. The first-order chi connectivity index (χ1) is 15.9. The van der Waals surface area contributed by atoms with E-state index in [1.807, 2.05) is 0 Å². The van der Waals surface area contributed by atoms with Crippen LogP contribution < -0.4 is 5.32 Å². The van der Waals surface area contributed by atoms with Gasteiger partial charge in [0, 0.05) is 17.3 Å². The van der Waals surface area contributed by atoms with Gasteiger partial charge in [-0.25, -0.2) is 0 Å². The lowest BCUT2D eigenvalue weighted by Crippen LogP contribution is -2.12. The van der Waals surface area contributed by atoms with E-state index in [-0.39, 0.29) is 17.4 Å². The molecule has 0 aliphatic carbocycles. The summed E-state index contributed by atoms with van der Waals surface area (Å²) in [5.74, 6) is 0.570. The number of nitro benzene ring substituents is 1. The molecule has 0 saturated heterocycles. The summed E-state index contributed by atoms with van der Waals surface area (Å²) in [5.41, 5.74) is 1.54. The first-order valence-corrected chi connectivity index (χ1v) is 9.94. The second-order valence-corrected chi connectivity index (χ2v) is 7.10. The molecule has 1 amide bonds. The molecule has 0 aliphatic heterocycles. The maximum Gasteiger partial charge on any atom is 0.280 e. The van der Waals surface area contributed by atoms with Gasteiger partial charge in [-0.1, -0.05) is 24.3 Å². The monoisotopic (exact) mass is 442 g/mol. The van der Waals surface area contributed by atoms with Crippen molar-refractivity contribution < 1.29 is 23.3 Å². The van der Waals surface area contributed by atoms with Gasteiger partial charge < -0.3 is 14.2 Å². The van der Waals surface area contributed by atoms with Crippen LogP contribution in [0.2, 0.25) is 0 Å². The number of hydrogen-bond acceptors (Lipinski definition) is 6. The summed E-state index contributed by atoms with van der Waals surface area (Å²) >= 11 is 0.